The summed E-state index contributed by atoms with van der Waals surface area (Å²) in [6.07, 6.45) is 0. The Kier molecular flexibility index (Phi) is 1080. The Morgan fingerprint density at radius 1 is 0.667 bits per heavy atom. The van der Waals surface area contributed by atoms with Crippen LogP contribution >= 0.6 is 0 Å². The van der Waals surface area contributed by atoms with Crippen molar-refractivity contribution in [1.29, 1.82) is 0 Å². The summed E-state index contributed by atoms with van der Waals surface area (Å²) in [7, 11) is 0. The Morgan fingerprint density at radius 2 is 0.667 bits per heavy atom. The smallest absolute Gasteiger partial charge is 2.00 e. The summed E-state index contributed by atoms with van der Waals surface area (Å²) < 4.78 is 0. The molecule has 0 radical (unpaired) electrons. The molecule has 0 unspecified atom stereocenters. The van der Waals surface area contributed by atoms with Gasteiger partial charge in [-0.1, -0.05) is 0 Å². The molecule has 0 N–H and O–H groups in total. The molecule has 0 bridgehead atoms. The molecule has 6 heavy (non-hydrogen) atoms. The Bertz CT molecular complexity index is 10.8. The second-order valence-electron chi connectivity index (χ2n) is 0. The third kappa shape index (κ3) is 38.2. The van der Waals surface area contributed by atoms with E-state index >= 15 is 0 Å². The van der Waals surface area contributed by atoms with E-state index in [1.54, 1.807) is 0 Å². The van der Waals surface area contributed by atoms with Crippen LogP contribution in [0.1, 0.15) is 0 Å². The molecule has 0 fully saturated rings. The van der Waals surface area contributed by atoms with Crippen LogP contribution in [0.3, 0.4) is 0 Å². The van der Waals surface area contributed by atoms with Gasteiger partial charge in [0.1, 0.15) is 0 Å². The second-order valence-corrected chi connectivity index (χ2v) is 0. The van der Waals surface area contributed by atoms with Crippen LogP contribution in [0.5, 0.6) is 0 Å². The fourth-order valence-electron chi connectivity index (χ4n) is 0. The van der Waals surface area contributed by atoms with Gasteiger partial charge in [-0.05, 0) is 0 Å². The Hall–Kier alpha value is 1.96. The first-order valence-electron chi connectivity index (χ1n) is 0. The van der Waals surface area contributed by atoms with E-state index in [9.17, 15) is 0 Å². The summed E-state index contributed by atoms with van der Waals surface area (Å²) in [4.78, 5) is 0. The zero-order valence-corrected chi connectivity index (χ0v) is 8.53. The summed E-state index contributed by atoms with van der Waals surface area (Å²) in [6.45, 7) is 0. The van der Waals surface area contributed by atoms with E-state index in [-0.39, 0.29) is 80.0 Å². The second kappa shape index (κ2) is 64.4. The molecule has 0 aromatic heterocycles. The predicted molar refractivity (Wildman–Crippen MR) is 2.06 cm³/mol. The van der Waals surface area contributed by atoms with Crippen LogP contribution in [-0.4, -0.2) is 0 Å². The Balaban J connectivity index is 0. The predicted octanol–water partition coefficient (Wildman–Crippen LogP) is -3.36. The van der Waals surface area contributed by atoms with E-state index in [4.69, 9.17) is 0 Å². The third-order valence-corrected chi connectivity index (χ3v) is 0. The van der Waals surface area contributed by atoms with E-state index in [2.05, 4.69) is 0 Å². The van der Waals surface area contributed by atoms with Crippen LogP contribution in [-0.2, 0) is 61.2 Å². The molecule has 0 aromatic carbocycles. The first kappa shape index (κ1) is 101. The maximum atomic E-state index is 0. The molecule has 0 heterocycles. The van der Waals surface area contributed by atoms with Crippen molar-refractivity contribution in [2.24, 2.45) is 0 Å². The Morgan fingerprint density at radius 3 is 0.667 bits per heavy atom. The van der Waals surface area contributed by atoms with Gasteiger partial charge in [-0.25, -0.2) is 0 Å². The van der Waals surface area contributed by atoms with Crippen molar-refractivity contribution in [1.82, 2.24) is 0 Å². The summed E-state index contributed by atoms with van der Waals surface area (Å²) in [5.74, 6) is 0. The molecule has 3 nitrogen and oxygen atoms in total. The minimum Gasteiger partial charge on any atom is -2.00 e. The molecule has 0 spiro atoms. The van der Waals surface area contributed by atoms with Crippen LogP contribution in [0.15, 0.2) is 0 Å². The van der Waals surface area contributed by atoms with Crippen molar-refractivity contribution in [3.8, 4) is 0 Å². The quantitative estimate of drug-likeness (QED) is 0.416. The maximum Gasteiger partial charge on any atom is 5.00 e. The average Bonchev–Trinajstić information content (AvgIpc) is 0. The largest absolute Gasteiger partial charge is 5.00 e. The Labute approximate surface area is 79.4 Å². The SMILES string of the molecule is [Li+].[Nb+5].[O-2].[O-2].[O-2].[Ta+5]. The van der Waals surface area contributed by atoms with Gasteiger partial charge in [-0.3, -0.25) is 0 Å². The summed E-state index contributed by atoms with van der Waals surface area (Å²) in [6, 6.07) is 0. The fourth-order valence-corrected chi connectivity index (χ4v) is 0. The van der Waals surface area contributed by atoms with Crippen LogP contribution < -0.4 is 18.9 Å². The summed E-state index contributed by atoms with van der Waals surface area (Å²) in [5, 5.41) is 0. The van der Waals surface area contributed by atoms with Crippen molar-refractivity contribution in [2.45, 2.75) is 0 Å². The van der Waals surface area contributed by atoms with Gasteiger partial charge < -0.3 is 16.4 Å². The van der Waals surface area contributed by atoms with Gasteiger partial charge in [0.25, 0.3) is 0 Å². The van der Waals surface area contributed by atoms with Gasteiger partial charge in [0.15, 0.2) is 0 Å². The molecular formula is LiNbO3Ta+5. The van der Waals surface area contributed by atoms with E-state index < -0.39 is 0 Å². The molecule has 0 aliphatic carbocycles. The summed E-state index contributed by atoms with van der Waals surface area (Å²) in [5.41, 5.74) is 0. The van der Waals surface area contributed by atoms with E-state index in [0.29, 0.717) is 0 Å². The first-order chi connectivity index (χ1) is 0. The minimum absolute atomic E-state index is 0. The van der Waals surface area contributed by atoms with Gasteiger partial charge in [0.05, 0.1) is 0 Å². The zero-order valence-electron chi connectivity index (χ0n) is 3.12. The molecule has 0 aliphatic rings. The molecule has 0 rings (SSSR count). The van der Waals surface area contributed by atoms with Crippen molar-refractivity contribution < 1.29 is 80.0 Å². The maximum absolute atomic E-state index is 0. The van der Waals surface area contributed by atoms with Crippen LogP contribution in [0, 0.1) is 0 Å². The number of hydrogen-bond acceptors (Lipinski definition) is 0. The monoisotopic (exact) mass is 329 g/mol. The molecule has 0 aromatic rings. The van der Waals surface area contributed by atoms with E-state index in [0.717, 1.165) is 0 Å². The molecule has 24 valence electrons. The van der Waals surface area contributed by atoms with Crippen molar-refractivity contribution in [3.05, 3.63) is 0 Å². The minimum atomic E-state index is 0. The van der Waals surface area contributed by atoms with Crippen molar-refractivity contribution in [2.75, 3.05) is 0 Å². The van der Waals surface area contributed by atoms with Gasteiger partial charge in [0.2, 0.25) is 0 Å². The molecule has 0 amide bonds. The molecular weight excluding hydrogens is 329 g/mol. The molecule has 6 heteroatoms. The number of hydrogen-bond donors (Lipinski definition) is 0. The van der Waals surface area contributed by atoms with Crippen LogP contribution in [0.2, 0.25) is 0 Å². The normalized spacial score (nSPS) is 0. The third-order valence-electron chi connectivity index (χ3n) is 0. The molecule has 0 atom stereocenters. The standard InChI is InChI=1S/Li.Nb.3O.Ta/q+1;+5;3*-2;+5. The number of rotatable bonds is 0. The average molecular weight is 329 g/mol. The topological polar surface area (TPSA) is 85.5 Å². The van der Waals surface area contributed by atoms with Crippen molar-refractivity contribution >= 4 is 0 Å². The fraction of sp³-hybridized carbons (Fsp3) is 0. The zero-order chi connectivity index (χ0) is 0. The van der Waals surface area contributed by atoms with E-state index in [1.165, 1.54) is 0 Å². The van der Waals surface area contributed by atoms with Gasteiger partial charge in [-0.2, -0.15) is 0 Å². The van der Waals surface area contributed by atoms with Gasteiger partial charge in [0, 0.05) is 0 Å². The molecule has 0 saturated heterocycles. The van der Waals surface area contributed by atoms with Crippen LogP contribution in [0.25, 0.3) is 0 Å². The van der Waals surface area contributed by atoms with Gasteiger partial charge >= 0.3 is 63.6 Å². The van der Waals surface area contributed by atoms with Gasteiger partial charge in [-0.15, -0.1) is 0 Å². The first-order valence-corrected chi connectivity index (χ1v) is 0. The van der Waals surface area contributed by atoms with E-state index in [1.807, 2.05) is 0 Å². The van der Waals surface area contributed by atoms with Crippen LogP contribution in [0.4, 0.5) is 0 Å². The summed E-state index contributed by atoms with van der Waals surface area (Å²) >= 11 is 0. The molecule has 0 saturated carbocycles. The molecule has 0 aliphatic heterocycles. The van der Waals surface area contributed by atoms with Crippen molar-refractivity contribution in [3.63, 3.8) is 0 Å².